The summed E-state index contributed by atoms with van der Waals surface area (Å²) in [5.74, 6) is -0.0656. The summed E-state index contributed by atoms with van der Waals surface area (Å²) in [6.45, 7) is 0.224. The van der Waals surface area contributed by atoms with E-state index >= 15 is 0 Å². The van der Waals surface area contributed by atoms with Crippen molar-refractivity contribution < 1.29 is 18.3 Å². The lowest BCUT2D eigenvalue weighted by Gasteiger charge is -2.26. The standard InChI is InChI=1S/C17H26N2O4S/c1-24(22,23)12-14-7-6-8-15(11-14)19-16(20)18-13-17(21)9-4-2-3-5-10-17/h6-8,11,21H,2-5,9-10,12-13H2,1H3,(H2,18,19,20). The maximum atomic E-state index is 12.0. The first-order valence-corrected chi connectivity index (χ1v) is 10.4. The van der Waals surface area contributed by atoms with Gasteiger partial charge < -0.3 is 15.7 Å². The minimum absolute atomic E-state index is 0.0656. The minimum Gasteiger partial charge on any atom is -0.388 e. The van der Waals surface area contributed by atoms with Crippen molar-refractivity contribution in [2.24, 2.45) is 0 Å². The summed E-state index contributed by atoms with van der Waals surface area (Å²) in [6.07, 6.45) is 6.80. The number of carbonyl (C=O) groups excluding carboxylic acids is 1. The molecule has 0 aromatic heterocycles. The Bertz CT molecular complexity index is 665. The Kier molecular flexibility index (Phi) is 6.23. The Morgan fingerprint density at radius 1 is 1.21 bits per heavy atom. The summed E-state index contributed by atoms with van der Waals surface area (Å²) in [7, 11) is -3.12. The van der Waals surface area contributed by atoms with Crippen molar-refractivity contribution in [3.8, 4) is 0 Å². The van der Waals surface area contributed by atoms with Gasteiger partial charge in [0.2, 0.25) is 0 Å². The highest BCUT2D eigenvalue weighted by Gasteiger charge is 2.28. The summed E-state index contributed by atoms with van der Waals surface area (Å²) in [4.78, 5) is 12.0. The van der Waals surface area contributed by atoms with Gasteiger partial charge in [0.15, 0.2) is 9.84 Å². The van der Waals surface area contributed by atoms with Crippen molar-refractivity contribution in [3.63, 3.8) is 0 Å². The number of amides is 2. The van der Waals surface area contributed by atoms with Crippen LogP contribution in [0.2, 0.25) is 0 Å². The molecular formula is C17H26N2O4S. The Labute approximate surface area is 143 Å². The zero-order valence-electron chi connectivity index (χ0n) is 14.0. The van der Waals surface area contributed by atoms with Gasteiger partial charge in [-0.25, -0.2) is 13.2 Å². The molecule has 0 saturated heterocycles. The highest BCUT2D eigenvalue weighted by molar-refractivity contribution is 7.89. The fraction of sp³-hybridized carbons (Fsp3) is 0.588. The molecule has 1 aromatic carbocycles. The fourth-order valence-electron chi connectivity index (χ4n) is 3.03. The zero-order valence-corrected chi connectivity index (χ0v) is 14.9. The Morgan fingerprint density at radius 3 is 2.50 bits per heavy atom. The van der Waals surface area contributed by atoms with E-state index < -0.39 is 21.5 Å². The molecule has 0 spiro atoms. The Hall–Kier alpha value is -1.60. The number of aliphatic hydroxyl groups is 1. The van der Waals surface area contributed by atoms with Crippen LogP contribution >= 0.6 is 0 Å². The highest BCUT2D eigenvalue weighted by atomic mass is 32.2. The van der Waals surface area contributed by atoms with Gasteiger partial charge in [0.25, 0.3) is 0 Å². The summed E-state index contributed by atoms with van der Waals surface area (Å²) >= 11 is 0. The molecule has 0 atom stereocenters. The van der Waals surface area contributed by atoms with Gasteiger partial charge in [-0.2, -0.15) is 0 Å². The summed E-state index contributed by atoms with van der Waals surface area (Å²) in [5, 5.41) is 15.9. The predicted molar refractivity (Wildman–Crippen MR) is 94.7 cm³/mol. The summed E-state index contributed by atoms with van der Waals surface area (Å²) < 4.78 is 22.7. The number of nitrogens with one attached hydrogen (secondary N) is 2. The molecule has 2 rings (SSSR count). The molecule has 1 aromatic rings. The van der Waals surface area contributed by atoms with E-state index in [9.17, 15) is 18.3 Å². The number of rotatable bonds is 5. The lowest BCUT2D eigenvalue weighted by molar-refractivity contribution is 0.0281. The molecule has 2 amide bonds. The number of anilines is 1. The first kappa shape index (κ1) is 18.7. The normalized spacial score (nSPS) is 17.8. The quantitative estimate of drug-likeness (QED) is 0.708. The van der Waals surface area contributed by atoms with Crippen LogP contribution in [0, 0.1) is 0 Å². The van der Waals surface area contributed by atoms with Crippen LogP contribution < -0.4 is 10.6 Å². The lowest BCUT2D eigenvalue weighted by Crippen LogP contribution is -2.44. The van der Waals surface area contributed by atoms with Crippen molar-refractivity contribution in [1.82, 2.24) is 5.32 Å². The number of hydrogen-bond acceptors (Lipinski definition) is 4. The van der Waals surface area contributed by atoms with Crippen molar-refractivity contribution >= 4 is 21.6 Å². The topological polar surface area (TPSA) is 95.5 Å². The van der Waals surface area contributed by atoms with Crippen molar-refractivity contribution in [2.75, 3.05) is 18.1 Å². The Morgan fingerprint density at radius 2 is 1.88 bits per heavy atom. The van der Waals surface area contributed by atoms with E-state index in [2.05, 4.69) is 10.6 Å². The highest BCUT2D eigenvalue weighted by Crippen LogP contribution is 2.26. The molecule has 0 bridgehead atoms. The van der Waals surface area contributed by atoms with E-state index in [0.29, 0.717) is 24.1 Å². The van der Waals surface area contributed by atoms with Crippen LogP contribution in [0.25, 0.3) is 0 Å². The fourth-order valence-corrected chi connectivity index (χ4v) is 3.81. The molecule has 1 fully saturated rings. The molecule has 134 valence electrons. The number of hydrogen-bond donors (Lipinski definition) is 3. The largest absolute Gasteiger partial charge is 0.388 e. The third-order valence-electron chi connectivity index (χ3n) is 4.23. The predicted octanol–water partition coefficient (Wildman–Crippen LogP) is 2.44. The van der Waals surface area contributed by atoms with Gasteiger partial charge in [-0.15, -0.1) is 0 Å². The molecule has 1 saturated carbocycles. The van der Waals surface area contributed by atoms with Crippen molar-refractivity contribution in [1.29, 1.82) is 0 Å². The second-order valence-electron chi connectivity index (χ2n) is 6.72. The average Bonchev–Trinajstić information content (AvgIpc) is 2.69. The second-order valence-corrected chi connectivity index (χ2v) is 8.86. The number of carbonyl (C=O) groups is 1. The van der Waals surface area contributed by atoms with E-state index in [-0.39, 0.29) is 12.3 Å². The molecule has 3 N–H and O–H groups in total. The van der Waals surface area contributed by atoms with Crippen molar-refractivity contribution in [3.05, 3.63) is 29.8 Å². The van der Waals surface area contributed by atoms with Gasteiger partial charge in [0.1, 0.15) is 0 Å². The van der Waals surface area contributed by atoms with Crippen LogP contribution in [0.5, 0.6) is 0 Å². The third kappa shape index (κ3) is 6.49. The molecule has 0 aliphatic heterocycles. The minimum atomic E-state index is -3.12. The van der Waals surface area contributed by atoms with Crippen LogP contribution in [0.1, 0.15) is 44.1 Å². The first-order valence-electron chi connectivity index (χ1n) is 8.30. The number of sulfone groups is 1. The second kappa shape index (κ2) is 7.98. The number of benzene rings is 1. The SMILES string of the molecule is CS(=O)(=O)Cc1cccc(NC(=O)NCC2(O)CCCCCC2)c1. The molecule has 24 heavy (non-hydrogen) atoms. The van der Waals surface area contributed by atoms with Gasteiger partial charge in [0, 0.05) is 18.5 Å². The van der Waals surface area contributed by atoms with Gasteiger partial charge in [-0.3, -0.25) is 0 Å². The van der Waals surface area contributed by atoms with E-state index in [0.717, 1.165) is 25.7 Å². The number of urea groups is 1. The maximum absolute atomic E-state index is 12.0. The third-order valence-corrected chi connectivity index (χ3v) is 5.08. The smallest absolute Gasteiger partial charge is 0.319 e. The molecule has 1 aliphatic rings. The monoisotopic (exact) mass is 354 g/mol. The van der Waals surface area contributed by atoms with Crippen molar-refractivity contribution in [2.45, 2.75) is 49.9 Å². The lowest BCUT2D eigenvalue weighted by atomic mass is 9.95. The van der Waals surface area contributed by atoms with Gasteiger partial charge in [-0.05, 0) is 30.5 Å². The molecule has 0 heterocycles. The molecule has 6 nitrogen and oxygen atoms in total. The summed E-state index contributed by atoms with van der Waals surface area (Å²) in [6, 6.07) is 6.35. The zero-order chi connectivity index (χ0) is 17.6. The van der Waals surface area contributed by atoms with E-state index in [1.165, 1.54) is 6.26 Å². The van der Waals surface area contributed by atoms with E-state index in [1.54, 1.807) is 24.3 Å². The molecule has 0 unspecified atom stereocenters. The summed E-state index contributed by atoms with van der Waals surface area (Å²) in [5.41, 5.74) is 0.325. The van der Waals surface area contributed by atoms with Gasteiger partial charge >= 0.3 is 6.03 Å². The molecule has 0 radical (unpaired) electrons. The van der Waals surface area contributed by atoms with Crippen LogP contribution in [-0.4, -0.2) is 38.0 Å². The molecular weight excluding hydrogens is 328 g/mol. The van der Waals surface area contributed by atoms with Crippen LogP contribution in [0.4, 0.5) is 10.5 Å². The van der Waals surface area contributed by atoms with Gasteiger partial charge in [0.05, 0.1) is 11.4 Å². The van der Waals surface area contributed by atoms with Crippen LogP contribution in [-0.2, 0) is 15.6 Å². The van der Waals surface area contributed by atoms with Crippen LogP contribution in [0.15, 0.2) is 24.3 Å². The molecule has 7 heteroatoms. The average molecular weight is 354 g/mol. The van der Waals surface area contributed by atoms with E-state index in [4.69, 9.17) is 0 Å². The Balaban J connectivity index is 1.89. The first-order chi connectivity index (χ1) is 11.3. The molecule has 1 aliphatic carbocycles. The van der Waals surface area contributed by atoms with Crippen LogP contribution in [0.3, 0.4) is 0 Å². The van der Waals surface area contributed by atoms with E-state index in [1.807, 2.05) is 0 Å². The van der Waals surface area contributed by atoms with Gasteiger partial charge in [-0.1, -0.05) is 37.8 Å². The maximum Gasteiger partial charge on any atom is 0.319 e.